The van der Waals surface area contributed by atoms with Gasteiger partial charge in [-0.25, -0.2) is 0 Å². The summed E-state index contributed by atoms with van der Waals surface area (Å²) in [7, 11) is 1.56. The first-order valence-corrected chi connectivity index (χ1v) is 10.4. The van der Waals surface area contributed by atoms with Crippen molar-refractivity contribution in [3.63, 3.8) is 0 Å². The molecule has 3 aromatic rings. The number of aryl methyl sites for hydroxylation is 1. The molecule has 1 atom stereocenters. The van der Waals surface area contributed by atoms with E-state index in [0.29, 0.717) is 30.2 Å². The van der Waals surface area contributed by atoms with Crippen molar-refractivity contribution in [2.24, 2.45) is 0 Å². The highest BCUT2D eigenvalue weighted by molar-refractivity contribution is 5.95. The number of aromatic nitrogens is 1. The van der Waals surface area contributed by atoms with Gasteiger partial charge in [0.25, 0.3) is 0 Å². The number of methoxy groups -OCH3 is 1. The zero-order chi connectivity index (χ0) is 22.5. The number of anilines is 1. The van der Waals surface area contributed by atoms with Crippen LogP contribution in [-0.2, 0) is 11.3 Å². The fraction of sp³-hybridized carbons (Fsp3) is 0.375. The SMILES string of the molecule is CCOC(O)Nc1cc(-c2c(C#N)c3ccc(OC(C)C)cc3n2CC)ccc1OC. The van der Waals surface area contributed by atoms with E-state index in [4.69, 9.17) is 14.2 Å². The third-order valence-corrected chi connectivity index (χ3v) is 4.91. The van der Waals surface area contributed by atoms with Gasteiger partial charge < -0.3 is 29.2 Å². The van der Waals surface area contributed by atoms with Crippen molar-refractivity contribution in [2.45, 2.75) is 46.8 Å². The number of nitrogens with one attached hydrogen (secondary N) is 1. The average molecular weight is 424 g/mol. The Morgan fingerprint density at radius 3 is 2.55 bits per heavy atom. The molecule has 2 N–H and O–H groups in total. The number of hydrogen-bond donors (Lipinski definition) is 2. The lowest BCUT2D eigenvalue weighted by molar-refractivity contribution is -0.0731. The number of aliphatic hydroxyl groups excluding tert-OH is 1. The maximum absolute atomic E-state index is 10.0. The van der Waals surface area contributed by atoms with Crippen LogP contribution in [0.25, 0.3) is 22.2 Å². The third kappa shape index (κ3) is 4.61. The van der Waals surface area contributed by atoms with E-state index < -0.39 is 6.41 Å². The van der Waals surface area contributed by atoms with Crippen LogP contribution in [-0.4, -0.2) is 35.9 Å². The van der Waals surface area contributed by atoms with Crippen LogP contribution in [0.5, 0.6) is 11.5 Å². The van der Waals surface area contributed by atoms with Crippen molar-refractivity contribution in [3.8, 4) is 28.8 Å². The minimum Gasteiger partial charge on any atom is -0.495 e. The predicted molar refractivity (Wildman–Crippen MR) is 121 cm³/mol. The fourth-order valence-electron chi connectivity index (χ4n) is 3.72. The first kappa shape index (κ1) is 22.5. The summed E-state index contributed by atoms with van der Waals surface area (Å²) in [5, 5.41) is 23.8. The Kier molecular flexibility index (Phi) is 7.06. The van der Waals surface area contributed by atoms with E-state index in [9.17, 15) is 10.4 Å². The zero-order valence-electron chi connectivity index (χ0n) is 18.6. The number of ether oxygens (including phenoxy) is 3. The van der Waals surface area contributed by atoms with Gasteiger partial charge in [0.1, 0.15) is 17.6 Å². The molecule has 0 fully saturated rings. The molecule has 3 rings (SSSR count). The van der Waals surface area contributed by atoms with E-state index >= 15 is 0 Å². The molecular formula is C24H29N3O4. The fourth-order valence-corrected chi connectivity index (χ4v) is 3.72. The summed E-state index contributed by atoms with van der Waals surface area (Å²) in [6.07, 6.45) is -1.11. The molecule has 0 radical (unpaired) electrons. The van der Waals surface area contributed by atoms with Crippen molar-refractivity contribution in [1.29, 1.82) is 5.26 Å². The lowest BCUT2D eigenvalue weighted by atomic mass is 10.0. The summed E-state index contributed by atoms with van der Waals surface area (Å²) >= 11 is 0. The summed E-state index contributed by atoms with van der Waals surface area (Å²) in [6.45, 7) is 8.85. The lowest BCUT2D eigenvalue weighted by Gasteiger charge is -2.18. The van der Waals surface area contributed by atoms with Crippen LogP contribution in [0.4, 0.5) is 5.69 Å². The van der Waals surface area contributed by atoms with Gasteiger partial charge in [-0.15, -0.1) is 0 Å². The second-order valence-electron chi connectivity index (χ2n) is 7.29. The molecule has 2 aromatic carbocycles. The largest absolute Gasteiger partial charge is 0.495 e. The van der Waals surface area contributed by atoms with E-state index in [1.165, 1.54) is 0 Å². The maximum atomic E-state index is 10.0. The van der Waals surface area contributed by atoms with Crippen LogP contribution in [0.3, 0.4) is 0 Å². The standard InChI is InChI=1S/C24H29N3O4/c1-6-27-21-13-17(31-15(3)4)9-10-18(21)19(14-25)23(27)16-8-11-22(29-5)20(12-16)26-24(28)30-7-2/h8-13,15,24,26,28H,6-7H2,1-5H3. The Morgan fingerprint density at radius 2 is 1.94 bits per heavy atom. The van der Waals surface area contributed by atoms with Gasteiger partial charge in [0.05, 0.1) is 35.7 Å². The van der Waals surface area contributed by atoms with E-state index in [-0.39, 0.29) is 6.10 Å². The zero-order valence-corrected chi connectivity index (χ0v) is 18.6. The smallest absolute Gasteiger partial charge is 0.235 e. The summed E-state index contributed by atoms with van der Waals surface area (Å²) < 4.78 is 18.6. The van der Waals surface area contributed by atoms with Crippen molar-refractivity contribution in [2.75, 3.05) is 19.0 Å². The molecule has 0 aliphatic carbocycles. The molecule has 1 unspecified atom stereocenters. The summed E-state index contributed by atoms with van der Waals surface area (Å²) in [5.74, 6) is 1.33. The number of aliphatic hydroxyl groups is 1. The van der Waals surface area contributed by atoms with E-state index in [2.05, 4.69) is 16.0 Å². The van der Waals surface area contributed by atoms with Gasteiger partial charge in [-0.2, -0.15) is 5.26 Å². The van der Waals surface area contributed by atoms with Crippen molar-refractivity contribution in [3.05, 3.63) is 42.0 Å². The maximum Gasteiger partial charge on any atom is 0.235 e. The van der Waals surface area contributed by atoms with Gasteiger partial charge >= 0.3 is 0 Å². The Morgan fingerprint density at radius 1 is 1.16 bits per heavy atom. The van der Waals surface area contributed by atoms with Crippen LogP contribution in [0.15, 0.2) is 36.4 Å². The van der Waals surface area contributed by atoms with Crippen molar-refractivity contribution < 1.29 is 19.3 Å². The second-order valence-corrected chi connectivity index (χ2v) is 7.29. The molecule has 0 aliphatic rings. The van der Waals surface area contributed by atoms with Gasteiger partial charge in [0.15, 0.2) is 0 Å². The molecule has 0 amide bonds. The molecule has 0 spiro atoms. The monoisotopic (exact) mass is 423 g/mol. The summed E-state index contributed by atoms with van der Waals surface area (Å²) in [5.41, 5.74) is 3.73. The number of nitriles is 1. The van der Waals surface area contributed by atoms with Gasteiger partial charge in [0.2, 0.25) is 6.41 Å². The molecule has 0 bridgehead atoms. The van der Waals surface area contributed by atoms with Gasteiger partial charge in [-0.1, -0.05) is 0 Å². The van der Waals surface area contributed by atoms with E-state index in [0.717, 1.165) is 27.9 Å². The number of rotatable bonds is 9. The van der Waals surface area contributed by atoms with Crippen LogP contribution in [0.2, 0.25) is 0 Å². The summed E-state index contributed by atoms with van der Waals surface area (Å²) in [4.78, 5) is 0. The normalized spacial score (nSPS) is 12.1. The third-order valence-electron chi connectivity index (χ3n) is 4.91. The van der Waals surface area contributed by atoms with E-state index in [1.54, 1.807) is 14.0 Å². The molecule has 1 aromatic heterocycles. The molecular weight excluding hydrogens is 394 g/mol. The van der Waals surface area contributed by atoms with Crippen LogP contribution >= 0.6 is 0 Å². The minimum absolute atomic E-state index is 0.0596. The van der Waals surface area contributed by atoms with Gasteiger partial charge in [0, 0.05) is 30.2 Å². The molecule has 7 nitrogen and oxygen atoms in total. The van der Waals surface area contributed by atoms with Crippen molar-refractivity contribution in [1.82, 2.24) is 4.57 Å². The van der Waals surface area contributed by atoms with Crippen LogP contribution < -0.4 is 14.8 Å². The van der Waals surface area contributed by atoms with Crippen LogP contribution in [0.1, 0.15) is 33.3 Å². The van der Waals surface area contributed by atoms with E-state index in [1.807, 2.05) is 57.2 Å². The highest BCUT2D eigenvalue weighted by Gasteiger charge is 2.20. The van der Waals surface area contributed by atoms with Crippen LogP contribution in [0, 0.1) is 11.3 Å². The Balaban J connectivity index is 2.18. The summed E-state index contributed by atoms with van der Waals surface area (Å²) in [6, 6.07) is 13.7. The van der Waals surface area contributed by atoms with Gasteiger partial charge in [-0.05, 0) is 58.0 Å². The molecule has 7 heteroatoms. The molecule has 0 saturated heterocycles. The Hall–Kier alpha value is -3.21. The first-order valence-electron chi connectivity index (χ1n) is 10.4. The Bertz CT molecular complexity index is 1100. The average Bonchev–Trinajstić information content (AvgIpc) is 3.06. The Labute approximate surface area is 182 Å². The molecule has 31 heavy (non-hydrogen) atoms. The molecule has 164 valence electrons. The topological polar surface area (TPSA) is 88.7 Å². The number of nitrogens with zero attached hydrogens (tertiary/aromatic N) is 2. The quantitative estimate of drug-likeness (QED) is 0.484. The molecule has 0 aliphatic heterocycles. The van der Waals surface area contributed by atoms with Crippen molar-refractivity contribution >= 4 is 16.6 Å². The highest BCUT2D eigenvalue weighted by atomic mass is 16.6. The lowest BCUT2D eigenvalue weighted by Crippen LogP contribution is -2.22. The first-order chi connectivity index (χ1) is 14.9. The number of fused-ring (bicyclic) bond motifs is 1. The highest BCUT2D eigenvalue weighted by Crippen LogP contribution is 2.38. The number of hydrogen-bond acceptors (Lipinski definition) is 6. The number of benzene rings is 2. The minimum atomic E-state index is -1.17. The second kappa shape index (κ2) is 9.73. The molecule has 1 heterocycles. The molecule has 0 saturated carbocycles. The van der Waals surface area contributed by atoms with Gasteiger partial charge in [-0.3, -0.25) is 0 Å². The predicted octanol–water partition coefficient (Wildman–Crippen LogP) is 4.72.